The molecule has 1 amide bonds. The van der Waals surface area contributed by atoms with Crippen molar-refractivity contribution in [1.29, 1.82) is 0 Å². The molecule has 7 nitrogen and oxygen atoms in total. The zero-order valence-corrected chi connectivity index (χ0v) is 15.9. The maximum absolute atomic E-state index is 12.6. The van der Waals surface area contributed by atoms with Crippen LogP contribution in [0, 0.1) is 0 Å². The van der Waals surface area contributed by atoms with Crippen molar-refractivity contribution in [3.8, 4) is 11.3 Å². The van der Waals surface area contributed by atoms with Crippen LogP contribution >= 0.6 is 22.9 Å². The number of amides is 1. The van der Waals surface area contributed by atoms with Crippen molar-refractivity contribution >= 4 is 50.5 Å². The Balaban J connectivity index is 1.42. The zero-order valence-electron chi connectivity index (χ0n) is 14.3. The Morgan fingerprint density at radius 3 is 2.89 bits per heavy atom. The number of rotatable bonds is 4. The minimum atomic E-state index is -0.216. The lowest BCUT2D eigenvalue weighted by molar-refractivity contribution is -0.115. The molecule has 9 heteroatoms. The van der Waals surface area contributed by atoms with E-state index in [9.17, 15) is 4.79 Å². The molecule has 0 fully saturated rings. The molecular weight excluding hydrogens is 398 g/mol. The first-order valence-electron chi connectivity index (χ1n) is 8.40. The summed E-state index contributed by atoms with van der Waals surface area (Å²) in [7, 11) is 0. The highest BCUT2D eigenvalue weighted by molar-refractivity contribution is 7.15. The normalized spacial score (nSPS) is 11.3. The number of benzene rings is 2. The fourth-order valence-electron chi connectivity index (χ4n) is 3.00. The third-order valence-corrected chi connectivity index (χ3v) is 5.54. The highest BCUT2D eigenvalue weighted by Crippen LogP contribution is 2.29. The van der Waals surface area contributed by atoms with Gasteiger partial charge >= 0.3 is 0 Å². The highest BCUT2D eigenvalue weighted by atomic mass is 35.5. The summed E-state index contributed by atoms with van der Waals surface area (Å²) in [6, 6.07) is 13.3. The van der Waals surface area contributed by atoms with Crippen LogP contribution < -0.4 is 5.32 Å². The fourth-order valence-corrected chi connectivity index (χ4v) is 4.07. The molecule has 3 aromatic heterocycles. The summed E-state index contributed by atoms with van der Waals surface area (Å²) >= 11 is 7.71. The van der Waals surface area contributed by atoms with Gasteiger partial charge < -0.3 is 5.32 Å². The molecule has 0 aliphatic carbocycles. The third-order valence-electron chi connectivity index (χ3n) is 4.34. The molecule has 3 heterocycles. The molecule has 5 aromatic rings. The zero-order chi connectivity index (χ0) is 19.1. The van der Waals surface area contributed by atoms with E-state index in [1.54, 1.807) is 12.1 Å². The van der Waals surface area contributed by atoms with Crippen LogP contribution in [0.4, 0.5) is 5.69 Å². The number of carbonyl (C=O) groups is 1. The minimum absolute atomic E-state index is 0.169. The SMILES string of the molecule is O=C(Cc1csc2nc(-c3ccccc3)cn12)Nc1c(Cl)ccc2nonc12. The second-order valence-electron chi connectivity index (χ2n) is 6.15. The molecule has 2 aromatic carbocycles. The molecule has 0 saturated heterocycles. The lowest BCUT2D eigenvalue weighted by atomic mass is 10.2. The Morgan fingerprint density at radius 2 is 2.04 bits per heavy atom. The van der Waals surface area contributed by atoms with Gasteiger partial charge in [0.15, 0.2) is 10.5 Å². The van der Waals surface area contributed by atoms with Gasteiger partial charge in [0, 0.05) is 22.8 Å². The Kier molecular flexibility index (Phi) is 4.07. The van der Waals surface area contributed by atoms with Crippen molar-refractivity contribution in [3.05, 3.63) is 64.8 Å². The predicted molar refractivity (Wildman–Crippen MR) is 108 cm³/mol. The number of fused-ring (bicyclic) bond motifs is 2. The summed E-state index contributed by atoms with van der Waals surface area (Å²) in [4.78, 5) is 18.1. The first-order valence-corrected chi connectivity index (χ1v) is 9.66. The number of aromatic nitrogens is 4. The van der Waals surface area contributed by atoms with E-state index in [4.69, 9.17) is 16.2 Å². The monoisotopic (exact) mass is 409 g/mol. The van der Waals surface area contributed by atoms with Gasteiger partial charge in [-0.2, -0.15) is 0 Å². The van der Waals surface area contributed by atoms with E-state index >= 15 is 0 Å². The Labute approximate surface area is 167 Å². The summed E-state index contributed by atoms with van der Waals surface area (Å²) in [5.74, 6) is -0.216. The fraction of sp³-hybridized carbons (Fsp3) is 0.0526. The van der Waals surface area contributed by atoms with Crippen LogP contribution in [0.5, 0.6) is 0 Å². The van der Waals surface area contributed by atoms with Crippen molar-refractivity contribution < 1.29 is 9.42 Å². The summed E-state index contributed by atoms with van der Waals surface area (Å²) in [6.07, 6.45) is 2.11. The maximum Gasteiger partial charge on any atom is 0.230 e. The summed E-state index contributed by atoms with van der Waals surface area (Å²) in [6.45, 7) is 0. The number of thiazole rings is 1. The highest BCUT2D eigenvalue weighted by Gasteiger charge is 2.16. The van der Waals surface area contributed by atoms with Gasteiger partial charge in [0.25, 0.3) is 0 Å². The van der Waals surface area contributed by atoms with Crippen LogP contribution in [0.3, 0.4) is 0 Å². The molecule has 1 N–H and O–H groups in total. The lowest BCUT2D eigenvalue weighted by Gasteiger charge is -2.06. The van der Waals surface area contributed by atoms with Gasteiger partial charge in [-0.25, -0.2) is 9.61 Å². The second-order valence-corrected chi connectivity index (χ2v) is 7.39. The topological polar surface area (TPSA) is 85.3 Å². The first kappa shape index (κ1) is 16.9. The van der Waals surface area contributed by atoms with Crippen molar-refractivity contribution in [3.63, 3.8) is 0 Å². The molecule has 28 heavy (non-hydrogen) atoms. The van der Waals surface area contributed by atoms with E-state index in [1.807, 2.05) is 46.3 Å². The largest absolute Gasteiger partial charge is 0.322 e. The van der Waals surface area contributed by atoms with E-state index in [-0.39, 0.29) is 12.3 Å². The van der Waals surface area contributed by atoms with E-state index in [1.165, 1.54) is 11.3 Å². The number of nitrogens with zero attached hydrogens (tertiary/aromatic N) is 4. The number of nitrogens with one attached hydrogen (secondary N) is 1. The van der Waals surface area contributed by atoms with Crippen LogP contribution in [0.15, 0.2) is 58.7 Å². The summed E-state index contributed by atoms with van der Waals surface area (Å²) < 4.78 is 6.67. The van der Waals surface area contributed by atoms with Gasteiger partial charge in [0.1, 0.15) is 5.52 Å². The van der Waals surface area contributed by atoms with Crippen LogP contribution in [0.25, 0.3) is 27.3 Å². The van der Waals surface area contributed by atoms with Crippen LogP contribution in [0.1, 0.15) is 5.69 Å². The molecule has 0 aliphatic heterocycles. The van der Waals surface area contributed by atoms with Crippen molar-refractivity contribution in [2.75, 3.05) is 5.32 Å². The van der Waals surface area contributed by atoms with Crippen molar-refractivity contribution in [2.45, 2.75) is 6.42 Å². The number of anilines is 1. The first-order chi connectivity index (χ1) is 13.7. The van der Waals surface area contributed by atoms with E-state index in [2.05, 4.69) is 20.6 Å². The number of imidazole rings is 1. The number of carbonyl (C=O) groups excluding carboxylic acids is 1. The van der Waals surface area contributed by atoms with Gasteiger partial charge in [-0.1, -0.05) is 41.9 Å². The second kappa shape index (κ2) is 6.74. The van der Waals surface area contributed by atoms with Gasteiger partial charge in [-0.15, -0.1) is 11.3 Å². The summed E-state index contributed by atoms with van der Waals surface area (Å²) in [5.41, 5.74) is 4.09. The van der Waals surface area contributed by atoms with Gasteiger partial charge in [-0.05, 0) is 22.4 Å². The molecule has 0 saturated carbocycles. The van der Waals surface area contributed by atoms with Crippen LogP contribution in [0.2, 0.25) is 5.02 Å². The molecule has 0 aliphatic rings. The van der Waals surface area contributed by atoms with E-state index < -0.39 is 0 Å². The van der Waals surface area contributed by atoms with E-state index in [0.29, 0.717) is 21.7 Å². The Hall–Kier alpha value is -3.23. The molecule has 0 bridgehead atoms. The lowest BCUT2D eigenvalue weighted by Crippen LogP contribution is -2.16. The number of hydrogen-bond acceptors (Lipinski definition) is 6. The minimum Gasteiger partial charge on any atom is -0.322 e. The maximum atomic E-state index is 12.6. The standard InChI is InChI=1S/C19H12ClN5O2S/c20-13-6-7-14-18(24-27-23-14)17(13)22-16(26)8-12-10-28-19-21-15(9-25(12)19)11-4-2-1-3-5-11/h1-7,9-10H,8H2,(H,22,26). The average Bonchev–Trinajstić information content (AvgIpc) is 3.42. The summed E-state index contributed by atoms with van der Waals surface area (Å²) in [5, 5.41) is 12.7. The Morgan fingerprint density at radius 1 is 1.18 bits per heavy atom. The Bertz CT molecular complexity index is 1310. The molecule has 138 valence electrons. The molecule has 0 spiro atoms. The molecule has 0 radical (unpaired) electrons. The quantitative estimate of drug-likeness (QED) is 0.474. The molecular formula is C19H12ClN5O2S. The number of hydrogen-bond donors (Lipinski definition) is 1. The molecule has 0 atom stereocenters. The predicted octanol–water partition coefficient (Wildman–Crippen LogP) is 4.43. The third kappa shape index (κ3) is 2.92. The van der Waals surface area contributed by atoms with E-state index in [0.717, 1.165) is 21.9 Å². The van der Waals surface area contributed by atoms with Gasteiger partial charge in [-0.3, -0.25) is 9.20 Å². The smallest absolute Gasteiger partial charge is 0.230 e. The van der Waals surface area contributed by atoms with Crippen molar-refractivity contribution in [1.82, 2.24) is 19.7 Å². The van der Waals surface area contributed by atoms with Gasteiger partial charge in [0.2, 0.25) is 5.91 Å². The van der Waals surface area contributed by atoms with Crippen LogP contribution in [-0.2, 0) is 11.2 Å². The number of halogens is 1. The van der Waals surface area contributed by atoms with Crippen LogP contribution in [-0.4, -0.2) is 25.6 Å². The molecule has 5 rings (SSSR count). The average molecular weight is 410 g/mol. The van der Waals surface area contributed by atoms with Crippen molar-refractivity contribution in [2.24, 2.45) is 0 Å². The van der Waals surface area contributed by atoms with Gasteiger partial charge in [0.05, 0.1) is 22.8 Å². The molecule has 0 unspecified atom stereocenters.